The van der Waals surface area contributed by atoms with E-state index in [1.54, 1.807) is 0 Å². The van der Waals surface area contributed by atoms with E-state index in [1.165, 1.54) is 0 Å². The maximum absolute atomic E-state index is 6.54. The number of halogens is 36. The molecule has 0 aliphatic rings. The van der Waals surface area contributed by atoms with Gasteiger partial charge in [0.15, 0.2) is 56.3 Å². The van der Waals surface area contributed by atoms with Crippen LogP contribution in [0.5, 0.6) is 0 Å². The molecule has 0 rings (SSSR count). The van der Waals surface area contributed by atoms with Gasteiger partial charge in [-0.25, -0.2) is 0 Å². The highest BCUT2D eigenvalue weighted by molar-refractivity contribution is 6.87. The predicted molar refractivity (Wildman–Crippen MR) is 257 cm³/mol. The van der Waals surface area contributed by atoms with Gasteiger partial charge in [0.2, 0.25) is 16.3 Å². The van der Waals surface area contributed by atoms with E-state index in [0.29, 0.717) is 0 Å². The zero-order valence-corrected chi connectivity index (χ0v) is 49.3. The Morgan fingerprint density at radius 1 is 0.0943 bits per heavy atom. The molecule has 0 spiro atoms. The fourth-order valence-electron chi connectivity index (χ4n) is 2.92. The third kappa shape index (κ3) is 9.56. The molecule has 0 aliphatic heterocycles. The van der Waals surface area contributed by atoms with Gasteiger partial charge in [0.25, 0.3) is 0 Å². The SMILES string of the molecule is ClC(Cl)(Cl)C(Cl)(Cl)C(Cl)(Cl)C(Cl)(Cl)C(Cl)(Cl)C(Cl)(Cl)C(Cl)(Cl)C(Cl)(Cl)C(Cl)(Cl)C(Cl)(Cl)C(Cl)(Cl)C(Cl)(Cl)C(Cl)(Cl)C(Cl)(Cl)C(Cl)(Cl)C(Cl)(Cl)C(Cl)(Cl)Cl. The first-order valence-corrected chi connectivity index (χ1v) is 24.4. The lowest BCUT2D eigenvalue weighted by atomic mass is 9.96. The molecule has 0 aromatic heterocycles. The molecule has 0 saturated carbocycles. The minimum absolute atomic E-state index is 2.86. The second kappa shape index (κ2) is 18.6. The molecule has 36 heteroatoms. The molecule has 0 amide bonds. The van der Waals surface area contributed by atoms with Crippen LogP contribution in [0.1, 0.15) is 0 Å². The quantitative estimate of drug-likeness (QED) is 0.152. The number of alkyl halides is 36. The molecule has 0 aliphatic carbocycles. The predicted octanol–water partition coefficient (Wildman–Crippen LogP) is 21.3. The fraction of sp³-hybridized carbons (Fsp3) is 1.00. The zero-order valence-electron chi connectivity index (χ0n) is 22.1. The van der Waals surface area contributed by atoms with Crippen molar-refractivity contribution >= 4 is 418 Å². The van der Waals surface area contributed by atoms with Crippen LogP contribution in [0.25, 0.3) is 0 Å². The molecule has 53 heavy (non-hydrogen) atoms. The largest absolute Gasteiger partial charge is 0.226 e. The van der Waals surface area contributed by atoms with Crippen LogP contribution in [-0.4, -0.2) is 72.6 Å². The first kappa shape index (κ1) is 63.4. The molecule has 0 fully saturated rings. The number of hydrogen-bond donors (Lipinski definition) is 0. The molecule has 0 aromatic rings. The Labute approximate surface area is 481 Å². The highest BCUT2D eigenvalue weighted by Gasteiger charge is 2.88. The smallest absolute Gasteiger partial charge is 0.0946 e. The molecule has 0 unspecified atom stereocenters. The molecule has 0 saturated heterocycles. The first-order valence-electron chi connectivity index (χ1n) is 10.8. The van der Waals surface area contributed by atoms with Crippen molar-refractivity contribution in [1.29, 1.82) is 0 Å². The van der Waals surface area contributed by atoms with Crippen molar-refractivity contribution in [2.24, 2.45) is 0 Å². The average Bonchev–Trinajstić information content (AvgIpc) is 2.89. The van der Waals surface area contributed by atoms with Crippen molar-refractivity contribution < 1.29 is 0 Å². The summed E-state index contributed by atoms with van der Waals surface area (Å²) in [5.41, 5.74) is 0. The molecule has 0 nitrogen and oxygen atoms in total. The number of rotatable bonds is 14. The summed E-state index contributed by atoms with van der Waals surface area (Å²) in [5.74, 6) is 0. The van der Waals surface area contributed by atoms with Gasteiger partial charge in [0.1, 0.15) is 0 Å². The Balaban J connectivity index is 7.78. The zero-order chi connectivity index (χ0) is 44.5. The summed E-state index contributed by atoms with van der Waals surface area (Å²) in [7, 11) is 0. The van der Waals surface area contributed by atoms with Crippen molar-refractivity contribution in [3.63, 3.8) is 0 Å². The number of hydrogen-bond acceptors (Lipinski definition) is 0. The minimum Gasteiger partial charge on any atom is -0.0946 e. The van der Waals surface area contributed by atoms with Crippen LogP contribution in [0, 0.1) is 0 Å². The molecule has 0 atom stereocenters. The molecule has 0 N–H and O–H groups in total. The van der Waals surface area contributed by atoms with Gasteiger partial charge in [-0.15, -0.1) is 0 Å². The van der Waals surface area contributed by atoms with Gasteiger partial charge in [0.05, 0.1) is 0 Å². The first-order chi connectivity index (χ1) is 22.0. The Hall–Kier alpha value is 10.4. The van der Waals surface area contributed by atoms with Crippen molar-refractivity contribution in [3.05, 3.63) is 0 Å². The molecular formula is C17Cl36. The summed E-state index contributed by atoms with van der Waals surface area (Å²) in [5, 5.41) is 0. The van der Waals surface area contributed by atoms with Crippen LogP contribution in [0.15, 0.2) is 0 Å². The Morgan fingerprint density at radius 2 is 0.151 bits per heavy atom. The third-order valence-electron chi connectivity index (χ3n) is 6.23. The second-order valence-corrected chi connectivity index (χ2v) is 34.1. The molecule has 320 valence electrons. The van der Waals surface area contributed by atoms with E-state index < -0.39 is 72.6 Å². The summed E-state index contributed by atoms with van der Waals surface area (Å²) in [6.45, 7) is 0. The van der Waals surface area contributed by atoms with Crippen LogP contribution in [0.4, 0.5) is 0 Å². The molecule has 0 bridgehead atoms. The van der Waals surface area contributed by atoms with Crippen molar-refractivity contribution in [2.45, 2.75) is 72.6 Å². The highest BCUT2D eigenvalue weighted by Crippen LogP contribution is 2.78. The van der Waals surface area contributed by atoms with Crippen LogP contribution >= 0.6 is 418 Å². The van der Waals surface area contributed by atoms with Crippen LogP contribution in [-0.2, 0) is 0 Å². The minimum atomic E-state index is -3.67. The van der Waals surface area contributed by atoms with Gasteiger partial charge in [-0.3, -0.25) is 0 Å². The summed E-state index contributed by atoms with van der Waals surface area (Å²) in [6.07, 6.45) is 0. The third-order valence-corrected chi connectivity index (χ3v) is 31.5. The molecule has 0 radical (unpaired) electrons. The van der Waals surface area contributed by atoms with E-state index in [0.717, 1.165) is 0 Å². The summed E-state index contributed by atoms with van der Waals surface area (Å²) >= 11 is 227. The Kier molecular flexibility index (Phi) is 22.3. The summed E-state index contributed by atoms with van der Waals surface area (Å²) in [4.78, 5) is 0. The normalized spacial score (nSPS) is 17.4. The van der Waals surface area contributed by atoms with Crippen LogP contribution in [0.3, 0.4) is 0 Å². The maximum atomic E-state index is 6.54. The summed E-state index contributed by atoms with van der Waals surface area (Å²) in [6, 6.07) is 0. The van der Waals surface area contributed by atoms with E-state index in [9.17, 15) is 0 Å². The van der Waals surface area contributed by atoms with Crippen LogP contribution in [0.2, 0.25) is 0 Å². The monoisotopic (exact) mass is 1460 g/mol. The van der Waals surface area contributed by atoms with E-state index in [2.05, 4.69) is 0 Å². The van der Waals surface area contributed by atoms with Crippen molar-refractivity contribution in [1.82, 2.24) is 0 Å². The average molecular weight is 1480 g/mol. The standard InChI is InChI=1S/C17Cl36/c18-1(19,2(20,21)4(24,25)6(28,29)8(32,33)10(36,37)12(40,41)14(44,45)16(48,49)50)3(22,23)5(26,27)7(30,31)9(34,35)11(38,39)13(42,43)15(46,47)17(51,52)53. The van der Waals surface area contributed by atoms with Gasteiger partial charge in [-0.2, -0.15) is 0 Å². The van der Waals surface area contributed by atoms with Gasteiger partial charge < -0.3 is 0 Å². The Morgan fingerprint density at radius 3 is 0.208 bits per heavy atom. The van der Waals surface area contributed by atoms with Gasteiger partial charge in [-0.1, -0.05) is 418 Å². The maximum Gasteiger partial charge on any atom is 0.226 e. The lowest BCUT2D eigenvalue weighted by Gasteiger charge is -2.58. The van der Waals surface area contributed by atoms with Gasteiger partial charge in [0, 0.05) is 0 Å². The van der Waals surface area contributed by atoms with Gasteiger partial charge in [-0.05, 0) is 0 Å². The van der Waals surface area contributed by atoms with E-state index in [-0.39, 0.29) is 0 Å². The van der Waals surface area contributed by atoms with E-state index in [1.807, 2.05) is 0 Å². The highest BCUT2D eigenvalue weighted by atomic mass is 35.6. The van der Waals surface area contributed by atoms with E-state index in [4.69, 9.17) is 418 Å². The van der Waals surface area contributed by atoms with Crippen LogP contribution < -0.4 is 0 Å². The lowest BCUT2D eigenvalue weighted by Crippen LogP contribution is -2.76. The van der Waals surface area contributed by atoms with E-state index >= 15 is 0 Å². The molecule has 0 aromatic carbocycles. The summed E-state index contributed by atoms with van der Waals surface area (Å²) < 4.78 is -57.7. The molecular weight excluding hydrogens is 1480 g/mol. The van der Waals surface area contributed by atoms with Crippen molar-refractivity contribution in [3.8, 4) is 0 Å². The van der Waals surface area contributed by atoms with Gasteiger partial charge >= 0.3 is 0 Å². The Bertz CT molecular complexity index is 1230. The lowest BCUT2D eigenvalue weighted by molar-refractivity contribution is 0.395. The fourth-order valence-corrected chi connectivity index (χ4v) is 14.8. The molecule has 0 heterocycles. The van der Waals surface area contributed by atoms with Crippen molar-refractivity contribution in [2.75, 3.05) is 0 Å². The second-order valence-electron chi connectivity index (χ2n) is 9.61. The topological polar surface area (TPSA) is 0 Å².